The molecule has 1 aliphatic rings. The number of hydrogen-bond donors (Lipinski definition) is 0. The monoisotopic (exact) mass is 254 g/mol. The van der Waals surface area contributed by atoms with Crippen molar-refractivity contribution in [2.24, 2.45) is 0 Å². The van der Waals surface area contributed by atoms with E-state index in [0.29, 0.717) is 0 Å². The SMILES string of the molecule is Brc1ccccc1CB1OCCCO1. The lowest BCUT2D eigenvalue weighted by Crippen LogP contribution is -2.32. The number of rotatable bonds is 2. The van der Waals surface area contributed by atoms with Gasteiger partial charge in [-0.2, -0.15) is 0 Å². The summed E-state index contributed by atoms with van der Waals surface area (Å²) in [5.41, 5.74) is 1.24. The first-order valence-corrected chi connectivity index (χ1v) is 5.62. The van der Waals surface area contributed by atoms with Crippen LogP contribution in [0.1, 0.15) is 12.0 Å². The summed E-state index contributed by atoms with van der Waals surface area (Å²) in [6.07, 6.45) is 1.83. The highest BCUT2D eigenvalue weighted by Crippen LogP contribution is 2.18. The van der Waals surface area contributed by atoms with E-state index in [1.54, 1.807) is 0 Å². The summed E-state index contributed by atoms with van der Waals surface area (Å²) in [6, 6.07) is 8.17. The van der Waals surface area contributed by atoms with Crippen LogP contribution in [0.3, 0.4) is 0 Å². The van der Waals surface area contributed by atoms with Crippen LogP contribution in [0.15, 0.2) is 28.7 Å². The lowest BCUT2D eigenvalue weighted by Gasteiger charge is -2.20. The molecule has 4 heteroatoms. The first-order chi connectivity index (χ1) is 6.86. The van der Waals surface area contributed by atoms with Crippen LogP contribution in [0.5, 0.6) is 0 Å². The molecule has 0 atom stereocenters. The highest BCUT2D eigenvalue weighted by molar-refractivity contribution is 9.10. The molecule has 14 heavy (non-hydrogen) atoms. The van der Waals surface area contributed by atoms with Crippen LogP contribution in [-0.2, 0) is 15.6 Å². The third kappa shape index (κ3) is 2.59. The van der Waals surface area contributed by atoms with Gasteiger partial charge in [0.1, 0.15) is 0 Å². The maximum absolute atomic E-state index is 5.49. The Kier molecular flexibility index (Phi) is 3.62. The molecule has 1 saturated heterocycles. The first kappa shape index (κ1) is 10.2. The summed E-state index contributed by atoms with van der Waals surface area (Å²) in [5.74, 6) is 0. The average Bonchev–Trinajstić information content (AvgIpc) is 2.23. The molecular formula is C10H12BBrO2. The Morgan fingerprint density at radius 1 is 1.21 bits per heavy atom. The average molecular weight is 255 g/mol. The predicted molar refractivity (Wildman–Crippen MR) is 60.1 cm³/mol. The predicted octanol–water partition coefficient (Wildman–Crippen LogP) is 2.46. The Labute approximate surface area is 92.9 Å². The van der Waals surface area contributed by atoms with E-state index >= 15 is 0 Å². The lowest BCUT2D eigenvalue weighted by molar-refractivity contribution is 0.133. The van der Waals surface area contributed by atoms with Crippen molar-refractivity contribution in [3.8, 4) is 0 Å². The van der Waals surface area contributed by atoms with E-state index in [1.165, 1.54) is 5.56 Å². The molecule has 0 aromatic heterocycles. The summed E-state index contributed by atoms with van der Waals surface area (Å²) in [4.78, 5) is 0. The second-order valence-electron chi connectivity index (χ2n) is 3.32. The van der Waals surface area contributed by atoms with Crippen LogP contribution < -0.4 is 0 Å². The third-order valence-corrected chi connectivity index (χ3v) is 3.01. The molecule has 2 rings (SSSR count). The number of halogens is 1. The fraction of sp³-hybridized carbons (Fsp3) is 0.400. The van der Waals surface area contributed by atoms with Crippen molar-refractivity contribution < 1.29 is 9.31 Å². The van der Waals surface area contributed by atoms with Gasteiger partial charge in [-0.05, 0) is 18.1 Å². The van der Waals surface area contributed by atoms with E-state index in [2.05, 4.69) is 22.0 Å². The molecule has 1 heterocycles. The molecule has 0 radical (unpaired) electrons. The molecule has 1 fully saturated rings. The van der Waals surface area contributed by atoms with Gasteiger partial charge in [-0.1, -0.05) is 34.1 Å². The van der Waals surface area contributed by atoms with Crippen molar-refractivity contribution in [1.29, 1.82) is 0 Å². The molecule has 0 aliphatic carbocycles. The second kappa shape index (κ2) is 4.96. The molecule has 0 unspecified atom stereocenters. The van der Waals surface area contributed by atoms with Gasteiger partial charge in [0.15, 0.2) is 0 Å². The van der Waals surface area contributed by atoms with Gasteiger partial charge in [-0.25, -0.2) is 0 Å². The minimum absolute atomic E-state index is 0.0672. The van der Waals surface area contributed by atoms with E-state index < -0.39 is 0 Å². The van der Waals surface area contributed by atoms with Crippen LogP contribution in [0.4, 0.5) is 0 Å². The van der Waals surface area contributed by atoms with E-state index in [1.807, 2.05) is 18.2 Å². The molecule has 0 bridgehead atoms. The standard InChI is InChI=1S/C10H12BBrO2/c12-10-5-2-1-4-9(10)8-11-13-6-3-7-14-11/h1-2,4-5H,3,6-8H2. The van der Waals surface area contributed by atoms with Crippen LogP contribution in [0, 0.1) is 0 Å². The lowest BCUT2D eigenvalue weighted by atomic mass is 9.80. The smallest absolute Gasteiger partial charge is 0.411 e. The molecule has 1 aromatic carbocycles. The number of benzene rings is 1. The van der Waals surface area contributed by atoms with Gasteiger partial charge in [0, 0.05) is 24.0 Å². The van der Waals surface area contributed by atoms with E-state index in [-0.39, 0.29) is 7.12 Å². The Morgan fingerprint density at radius 2 is 1.93 bits per heavy atom. The molecule has 0 N–H and O–H groups in total. The van der Waals surface area contributed by atoms with Crippen molar-refractivity contribution in [2.45, 2.75) is 12.7 Å². The first-order valence-electron chi connectivity index (χ1n) is 4.83. The zero-order valence-electron chi connectivity index (χ0n) is 7.91. The van der Waals surface area contributed by atoms with Gasteiger partial charge in [0.05, 0.1) is 0 Å². The van der Waals surface area contributed by atoms with E-state index in [0.717, 1.165) is 30.4 Å². The fourth-order valence-electron chi connectivity index (χ4n) is 1.50. The highest BCUT2D eigenvalue weighted by Gasteiger charge is 2.22. The van der Waals surface area contributed by atoms with Gasteiger partial charge in [-0.3, -0.25) is 0 Å². The van der Waals surface area contributed by atoms with Crippen LogP contribution in [0.2, 0.25) is 0 Å². The fourth-order valence-corrected chi connectivity index (χ4v) is 1.94. The molecule has 2 nitrogen and oxygen atoms in total. The molecule has 1 aromatic rings. The van der Waals surface area contributed by atoms with Gasteiger partial charge in [0.25, 0.3) is 0 Å². The maximum atomic E-state index is 5.49. The van der Waals surface area contributed by atoms with Crippen molar-refractivity contribution in [2.75, 3.05) is 13.2 Å². The molecule has 1 aliphatic heterocycles. The molecular weight excluding hydrogens is 243 g/mol. The van der Waals surface area contributed by atoms with E-state index in [9.17, 15) is 0 Å². The van der Waals surface area contributed by atoms with Crippen molar-refractivity contribution >= 4 is 23.0 Å². The van der Waals surface area contributed by atoms with Gasteiger partial charge in [-0.15, -0.1) is 0 Å². The summed E-state index contributed by atoms with van der Waals surface area (Å²) >= 11 is 3.51. The summed E-state index contributed by atoms with van der Waals surface area (Å²) in [6.45, 7) is 1.63. The molecule has 0 amide bonds. The quantitative estimate of drug-likeness (QED) is 0.755. The molecule has 0 saturated carbocycles. The normalized spacial score (nSPS) is 17.1. The minimum atomic E-state index is -0.0672. The van der Waals surface area contributed by atoms with E-state index in [4.69, 9.17) is 9.31 Å². The van der Waals surface area contributed by atoms with Crippen molar-refractivity contribution in [1.82, 2.24) is 0 Å². The Bertz CT molecular complexity index is 300. The summed E-state index contributed by atoms with van der Waals surface area (Å²) < 4.78 is 12.1. The second-order valence-corrected chi connectivity index (χ2v) is 4.17. The topological polar surface area (TPSA) is 18.5 Å². The Morgan fingerprint density at radius 3 is 2.64 bits per heavy atom. The largest absolute Gasteiger partial charge is 0.461 e. The summed E-state index contributed by atoms with van der Waals surface area (Å²) in [5, 5.41) is 0. The Balaban J connectivity index is 1.99. The van der Waals surface area contributed by atoms with Crippen molar-refractivity contribution in [3.63, 3.8) is 0 Å². The molecule has 0 spiro atoms. The van der Waals surface area contributed by atoms with Crippen molar-refractivity contribution in [3.05, 3.63) is 34.3 Å². The molecule has 74 valence electrons. The third-order valence-electron chi connectivity index (χ3n) is 2.24. The number of hydrogen-bond acceptors (Lipinski definition) is 2. The van der Waals surface area contributed by atoms with Gasteiger partial charge < -0.3 is 9.31 Å². The maximum Gasteiger partial charge on any atom is 0.461 e. The summed E-state index contributed by atoms with van der Waals surface area (Å²) in [7, 11) is -0.0672. The van der Waals surface area contributed by atoms with Gasteiger partial charge in [0.2, 0.25) is 0 Å². The zero-order chi connectivity index (χ0) is 9.80. The van der Waals surface area contributed by atoms with Crippen LogP contribution >= 0.6 is 15.9 Å². The van der Waals surface area contributed by atoms with Crippen LogP contribution in [-0.4, -0.2) is 20.3 Å². The Hall–Kier alpha value is -0.315. The van der Waals surface area contributed by atoms with Crippen LogP contribution in [0.25, 0.3) is 0 Å². The van der Waals surface area contributed by atoms with Gasteiger partial charge >= 0.3 is 7.12 Å². The highest BCUT2D eigenvalue weighted by atomic mass is 79.9. The zero-order valence-corrected chi connectivity index (χ0v) is 9.50. The minimum Gasteiger partial charge on any atom is -0.411 e.